The number of rotatable bonds is 4. The van der Waals surface area contributed by atoms with Crippen molar-refractivity contribution in [1.29, 1.82) is 0 Å². The average Bonchev–Trinajstić information content (AvgIpc) is 2.27. The van der Waals surface area contributed by atoms with Crippen LogP contribution < -0.4 is 4.31 Å². The molecule has 0 saturated heterocycles. The van der Waals surface area contributed by atoms with Gasteiger partial charge in [0.25, 0.3) is 0 Å². The first-order chi connectivity index (χ1) is 7.77. The second-order valence-corrected chi connectivity index (χ2v) is 5.66. The van der Waals surface area contributed by atoms with Crippen LogP contribution in [0.1, 0.15) is 17.3 Å². The molecule has 0 atom stereocenters. The Kier molecular flexibility index (Phi) is 3.72. The van der Waals surface area contributed by atoms with Crippen LogP contribution in [0.4, 0.5) is 10.1 Å². The van der Waals surface area contributed by atoms with Crippen LogP contribution in [0.5, 0.6) is 0 Å². The first-order valence-electron chi connectivity index (χ1n) is 4.78. The van der Waals surface area contributed by atoms with Crippen molar-refractivity contribution in [1.82, 2.24) is 0 Å². The van der Waals surface area contributed by atoms with Gasteiger partial charge in [-0.3, -0.25) is 4.31 Å². The van der Waals surface area contributed by atoms with Gasteiger partial charge in [0.05, 0.1) is 17.0 Å². The monoisotopic (exact) mass is 261 g/mol. The lowest BCUT2D eigenvalue weighted by Crippen LogP contribution is -2.28. The molecule has 1 rings (SSSR count). The lowest BCUT2D eigenvalue weighted by molar-refractivity contribution is 0.0696. The van der Waals surface area contributed by atoms with Crippen LogP contribution in [0.25, 0.3) is 0 Å². The topological polar surface area (TPSA) is 74.7 Å². The summed E-state index contributed by atoms with van der Waals surface area (Å²) in [6, 6.07) is 2.91. The van der Waals surface area contributed by atoms with E-state index in [0.717, 1.165) is 22.5 Å². The normalized spacial score (nSPS) is 11.2. The number of benzene rings is 1. The quantitative estimate of drug-likeness (QED) is 0.886. The van der Waals surface area contributed by atoms with Crippen molar-refractivity contribution in [3.63, 3.8) is 0 Å². The maximum Gasteiger partial charge on any atom is 0.335 e. The van der Waals surface area contributed by atoms with Gasteiger partial charge in [-0.05, 0) is 25.1 Å². The molecule has 0 amide bonds. The Bertz CT molecular complexity index is 541. The van der Waals surface area contributed by atoms with Crippen LogP contribution in [0, 0.1) is 5.82 Å². The van der Waals surface area contributed by atoms with Crippen molar-refractivity contribution in [3.05, 3.63) is 29.6 Å². The molecular weight excluding hydrogens is 249 g/mol. The predicted octanol–water partition coefficient (Wildman–Crippen LogP) is 1.31. The fourth-order valence-corrected chi connectivity index (χ4v) is 2.05. The van der Waals surface area contributed by atoms with Crippen LogP contribution in [-0.4, -0.2) is 32.3 Å². The Morgan fingerprint density at radius 3 is 2.47 bits per heavy atom. The fraction of sp³-hybridized carbons (Fsp3) is 0.300. The molecular formula is C10H12FNO4S. The number of aromatic carboxylic acids is 1. The van der Waals surface area contributed by atoms with Crippen LogP contribution in [-0.2, 0) is 10.0 Å². The molecule has 7 heteroatoms. The molecule has 94 valence electrons. The van der Waals surface area contributed by atoms with Crippen molar-refractivity contribution < 1.29 is 22.7 Å². The predicted molar refractivity (Wildman–Crippen MR) is 61.2 cm³/mol. The molecule has 1 N–H and O–H groups in total. The molecule has 0 aliphatic carbocycles. The molecule has 1 aromatic rings. The Labute approximate surface area is 98.5 Å². The van der Waals surface area contributed by atoms with Crippen molar-refractivity contribution in [3.8, 4) is 0 Å². The molecule has 0 unspecified atom stereocenters. The summed E-state index contributed by atoms with van der Waals surface area (Å²) >= 11 is 0. The zero-order valence-electron chi connectivity index (χ0n) is 9.34. The van der Waals surface area contributed by atoms with Gasteiger partial charge < -0.3 is 5.11 Å². The van der Waals surface area contributed by atoms with Crippen molar-refractivity contribution in [2.75, 3.05) is 17.1 Å². The SMILES string of the molecule is CCS(=O)(=O)N(C)c1cc(F)cc(C(=O)O)c1. The molecule has 0 aromatic heterocycles. The summed E-state index contributed by atoms with van der Waals surface area (Å²) in [6.45, 7) is 1.45. The second-order valence-electron chi connectivity index (χ2n) is 3.37. The molecule has 0 spiro atoms. The van der Waals surface area contributed by atoms with Gasteiger partial charge in [0.15, 0.2) is 0 Å². The van der Waals surface area contributed by atoms with Crippen molar-refractivity contribution >= 4 is 21.7 Å². The van der Waals surface area contributed by atoms with Crippen molar-refractivity contribution in [2.24, 2.45) is 0 Å². The number of halogens is 1. The van der Waals surface area contributed by atoms with E-state index in [0.29, 0.717) is 0 Å². The number of sulfonamides is 1. The summed E-state index contributed by atoms with van der Waals surface area (Å²) < 4.78 is 37.1. The summed E-state index contributed by atoms with van der Waals surface area (Å²) in [5, 5.41) is 8.74. The number of hydrogen-bond acceptors (Lipinski definition) is 3. The molecule has 0 bridgehead atoms. The third-order valence-corrected chi connectivity index (χ3v) is 4.05. The number of anilines is 1. The molecule has 0 aliphatic rings. The smallest absolute Gasteiger partial charge is 0.335 e. The van der Waals surface area contributed by atoms with Gasteiger partial charge in [0, 0.05) is 7.05 Å². The lowest BCUT2D eigenvalue weighted by atomic mass is 10.2. The summed E-state index contributed by atoms with van der Waals surface area (Å²) in [5.41, 5.74) is -0.303. The van der Waals surface area contributed by atoms with Crippen LogP contribution in [0.3, 0.4) is 0 Å². The number of nitrogens with zero attached hydrogens (tertiary/aromatic N) is 1. The van der Waals surface area contributed by atoms with Gasteiger partial charge >= 0.3 is 5.97 Å². The first-order valence-corrected chi connectivity index (χ1v) is 6.39. The summed E-state index contributed by atoms with van der Waals surface area (Å²) in [6.07, 6.45) is 0. The highest BCUT2D eigenvalue weighted by Crippen LogP contribution is 2.20. The van der Waals surface area contributed by atoms with Gasteiger partial charge in [-0.1, -0.05) is 0 Å². The number of carbonyl (C=O) groups is 1. The minimum absolute atomic E-state index is 0.00995. The highest BCUT2D eigenvalue weighted by Gasteiger charge is 2.18. The molecule has 0 saturated carbocycles. The third-order valence-electron chi connectivity index (χ3n) is 2.28. The zero-order chi connectivity index (χ0) is 13.2. The Morgan fingerprint density at radius 2 is 2.00 bits per heavy atom. The maximum atomic E-state index is 13.2. The highest BCUT2D eigenvalue weighted by atomic mass is 32.2. The van der Waals surface area contributed by atoms with E-state index in [-0.39, 0.29) is 17.0 Å². The van der Waals surface area contributed by atoms with Crippen molar-refractivity contribution in [2.45, 2.75) is 6.92 Å². The summed E-state index contributed by atoms with van der Waals surface area (Å²) in [5.74, 6) is -2.26. The van der Waals surface area contributed by atoms with E-state index in [9.17, 15) is 17.6 Å². The Morgan fingerprint density at radius 1 is 1.41 bits per heavy atom. The van der Waals surface area contributed by atoms with E-state index in [1.54, 1.807) is 0 Å². The Balaban J connectivity index is 3.28. The van der Waals surface area contributed by atoms with E-state index < -0.39 is 21.8 Å². The number of carboxylic acids is 1. The van der Waals surface area contributed by atoms with Gasteiger partial charge in [0.2, 0.25) is 10.0 Å². The lowest BCUT2D eigenvalue weighted by Gasteiger charge is -2.18. The molecule has 1 aromatic carbocycles. The largest absolute Gasteiger partial charge is 0.478 e. The minimum atomic E-state index is -3.54. The van der Waals surface area contributed by atoms with Crippen LogP contribution in [0.15, 0.2) is 18.2 Å². The van der Waals surface area contributed by atoms with Gasteiger partial charge in [-0.2, -0.15) is 0 Å². The van der Waals surface area contributed by atoms with Crippen LogP contribution >= 0.6 is 0 Å². The first kappa shape index (κ1) is 13.4. The van der Waals surface area contributed by atoms with Gasteiger partial charge in [-0.25, -0.2) is 17.6 Å². The molecule has 0 radical (unpaired) electrons. The highest BCUT2D eigenvalue weighted by molar-refractivity contribution is 7.92. The van der Waals surface area contributed by atoms with Crippen LogP contribution in [0.2, 0.25) is 0 Å². The van der Waals surface area contributed by atoms with E-state index in [1.165, 1.54) is 14.0 Å². The van der Waals surface area contributed by atoms with Gasteiger partial charge in [-0.15, -0.1) is 0 Å². The number of carboxylic acid groups (broad SMARTS) is 1. The maximum absolute atomic E-state index is 13.2. The third kappa shape index (κ3) is 2.94. The molecule has 5 nitrogen and oxygen atoms in total. The van der Waals surface area contributed by atoms with E-state index in [2.05, 4.69) is 0 Å². The zero-order valence-corrected chi connectivity index (χ0v) is 10.2. The molecule has 17 heavy (non-hydrogen) atoms. The van der Waals surface area contributed by atoms with E-state index in [1.807, 2.05) is 0 Å². The van der Waals surface area contributed by atoms with Gasteiger partial charge in [0.1, 0.15) is 5.82 Å². The minimum Gasteiger partial charge on any atom is -0.478 e. The average molecular weight is 261 g/mol. The van der Waals surface area contributed by atoms with E-state index in [4.69, 9.17) is 5.11 Å². The molecule has 0 heterocycles. The molecule has 0 aliphatic heterocycles. The standard InChI is InChI=1S/C10H12FNO4S/c1-3-17(15,16)12(2)9-5-7(10(13)14)4-8(11)6-9/h4-6H,3H2,1-2H3,(H,13,14). The molecule has 0 fully saturated rings. The Hall–Kier alpha value is -1.63. The van der Waals surface area contributed by atoms with E-state index >= 15 is 0 Å². The summed E-state index contributed by atoms with van der Waals surface area (Å²) in [7, 11) is -2.29. The fourth-order valence-electron chi connectivity index (χ4n) is 1.23. The second kappa shape index (κ2) is 4.70. The summed E-state index contributed by atoms with van der Waals surface area (Å²) in [4.78, 5) is 10.7. The number of hydrogen-bond donors (Lipinski definition) is 1.